The number of ether oxygens (including phenoxy) is 1. The maximum atomic E-state index is 5.80. The standard InChI is InChI=1S/C9H17BO/c1-6-7-10-8(2,3)9(4,5)11-7/h6-7,10H,1H2,2-5H3. The lowest BCUT2D eigenvalue weighted by Gasteiger charge is -2.33. The van der Waals surface area contributed by atoms with Gasteiger partial charge in [-0.25, -0.2) is 0 Å². The largest absolute Gasteiger partial charge is 0.377 e. The smallest absolute Gasteiger partial charge is 0.172 e. The minimum absolute atomic E-state index is 0.00808. The van der Waals surface area contributed by atoms with Crippen molar-refractivity contribution in [2.45, 2.75) is 44.6 Å². The average molecular weight is 152 g/mol. The van der Waals surface area contributed by atoms with Crippen LogP contribution in [0.25, 0.3) is 0 Å². The molecular formula is C9H17BO. The monoisotopic (exact) mass is 152 g/mol. The normalized spacial score (nSPS) is 32.9. The fraction of sp³-hybridized carbons (Fsp3) is 0.778. The third-order valence-electron chi connectivity index (χ3n) is 3.05. The Morgan fingerprint density at radius 3 is 2.09 bits per heavy atom. The lowest BCUT2D eigenvalue weighted by atomic mass is 9.48. The van der Waals surface area contributed by atoms with Crippen molar-refractivity contribution in [3.05, 3.63) is 12.7 Å². The van der Waals surface area contributed by atoms with E-state index in [0.717, 1.165) is 7.28 Å². The fourth-order valence-electron chi connectivity index (χ4n) is 1.46. The van der Waals surface area contributed by atoms with Crippen molar-refractivity contribution in [3.8, 4) is 0 Å². The Balaban J connectivity index is 2.79. The van der Waals surface area contributed by atoms with Gasteiger partial charge in [0.25, 0.3) is 0 Å². The van der Waals surface area contributed by atoms with Gasteiger partial charge in [-0.3, -0.25) is 0 Å². The molecule has 1 unspecified atom stereocenters. The van der Waals surface area contributed by atoms with Crippen LogP contribution < -0.4 is 0 Å². The van der Waals surface area contributed by atoms with E-state index in [1.165, 1.54) is 0 Å². The van der Waals surface area contributed by atoms with Crippen LogP contribution >= 0.6 is 0 Å². The van der Waals surface area contributed by atoms with E-state index in [1.54, 1.807) is 0 Å². The highest BCUT2D eigenvalue weighted by Gasteiger charge is 2.47. The second-order valence-corrected chi connectivity index (χ2v) is 4.49. The van der Waals surface area contributed by atoms with Gasteiger partial charge >= 0.3 is 0 Å². The van der Waals surface area contributed by atoms with Gasteiger partial charge in [0, 0.05) is 6.00 Å². The van der Waals surface area contributed by atoms with Crippen molar-refractivity contribution in [2.75, 3.05) is 0 Å². The van der Waals surface area contributed by atoms with E-state index >= 15 is 0 Å². The summed E-state index contributed by atoms with van der Waals surface area (Å²) in [5.41, 5.74) is -0.00808. The summed E-state index contributed by atoms with van der Waals surface area (Å²) >= 11 is 0. The van der Waals surface area contributed by atoms with E-state index in [-0.39, 0.29) is 16.9 Å². The minimum atomic E-state index is -0.00808. The SMILES string of the molecule is C=CC1BC(C)(C)C(C)(C)O1. The van der Waals surface area contributed by atoms with Crippen molar-refractivity contribution in [3.63, 3.8) is 0 Å². The van der Waals surface area contributed by atoms with Crippen LogP contribution in [0.5, 0.6) is 0 Å². The molecule has 1 saturated heterocycles. The molecule has 1 fully saturated rings. The lowest BCUT2D eigenvalue weighted by molar-refractivity contribution is -0.0180. The summed E-state index contributed by atoms with van der Waals surface area (Å²) in [6.07, 6.45) is 1.90. The Morgan fingerprint density at radius 2 is 1.91 bits per heavy atom. The molecular weight excluding hydrogens is 135 g/mol. The van der Waals surface area contributed by atoms with Crippen molar-refractivity contribution in [2.24, 2.45) is 0 Å². The molecule has 1 nitrogen and oxygen atoms in total. The highest BCUT2D eigenvalue weighted by atomic mass is 16.5. The van der Waals surface area contributed by atoms with Crippen LogP contribution in [0, 0.1) is 0 Å². The Kier molecular flexibility index (Phi) is 1.91. The first kappa shape index (κ1) is 8.86. The van der Waals surface area contributed by atoms with Crippen LogP contribution in [0.1, 0.15) is 27.7 Å². The molecule has 2 heteroatoms. The van der Waals surface area contributed by atoms with Crippen LogP contribution in [0.15, 0.2) is 12.7 Å². The highest BCUT2D eigenvalue weighted by molar-refractivity contribution is 6.43. The third-order valence-corrected chi connectivity index (χ3v) is 3.05. The van der Waals surface area contributed by atoms with Crippen LogP contribution in [-0.4, -0.2) is 18.9 Å². The van der Waals surface area contributed by atoms with Gasteiger partial charge in [-0.1, -0.05) is 19.9 Å². The Morgan fingerprint density at radius 1 is 1.36 bits per heavy atom. The second kappa shape index (κ2) is 2.38. The molecule has 62 valence electrons. The zero-order chi connectivity index (χ0) is 8.70. The summed E-state index contributed by atoms with van der Waals surface area (Å²) < 4.78 is 5.80. The molecule has 0 aliphatic carbocycles. The molecule has 0 spiro atoms. The summed E-state index contributed by atoms with van der Waals surface area (Å²) in [5.74, 6) is 0. The Labute approximate surface area is 70.1 Å². The first-order valence-electron chi connectivity index (χ1n) is 4.19. The van der Waals surface area contributed by atoms with Gasteiger partial charge in [-0.2, -0.15) is 0 Å². The van der Waals surface area contributed by atoms with Crippen LogP contribution in [0.3, 0.4) is 0 Å². The molecule has 1 aliphatic heterocycles. The molecule has 0 saturated carbocycles. The number of hydrogen-bond donors (Lipinski definition) is 0. The minimum Gasteiger partial charge on any atom is -0.377 e. The predicted octanol–water partition coefficient (Wildman–Crippen LogP) is 1.94. The molecule has 1 atom stereocenters. The van der Waals surface area contributed by atoms with Gasteiger partial charge in [0.1, 0.15) is 0 Å². The number of hydrogen-bond acceptors (Lipinski definition) is 1. The van der Waals surface area contributed by atoms with E-state index in [4.69, 9.17) is 4.74 Å². The maximum Gasteiger partial charge on any atom is 0.172 e. The summed E-state index contributed by atoms with van der Waals surface area (Å²) in [6.45, 7) is 12.5. The molecule has 0 amide bonds. The van der Waals surface area contributed by atoms with E-state index < -0.39 is 0 Å². The van der Waals surface area contributed by atoms with Crippen LogP contribution in [0.4, 0.5) is 0 Å². The third kappa shape index (κ3) is 1.37. The van der Waals surface area contributed by atoms with Crippen LogP contribution in [0.2, 0.25) is 5.31 Å². The van der Waals surface area contributed by atoms with Crippen LogP contribution in [-0.2, 0) is 4.74 Å². The summed E-state index contributed by atoms with van der Waals surface area (Å²) in [4.78, 5) is 0. The first-order chi connectivity index (χ1) is 4.89. The quantitative estimate of drug-likeness (QED) is 0.412. The average Bonchev–Trinajstić information content (AvgIpc) is 2.03. The van der Waals surface area contributed by atoms with Crippen molar-refractivity contribution in [1.29, 1.82) is 0 Å². The number of rotatable bonds is 1. The van der Waals surface area contributed by atoms with Gasteiger partial charge in [0.15, 0.2) is 7.28 Å². The van der Waals surface area contributed by atoms with E-state index in [0.29, 0.717) is 0 Å². The van der Waals surface area contributed by atoms with Gasteiger partial charge in [-0.15, -0.1) is 6.58 Å². The fourth-order valence-corrected chi connectivity index (χ4v) is 1.46. The van der Waals surface area contributed by atoms with E-state index in [2.05, 4.69) is 34.3 Å². The molecule has 0 radical (unpaired) electrons. The van der Waals surface area contributed by atoms with Crippen molar-refractivity contribution >= 4 is 7.28 Å². The highest BCUT2D eigenvalue weighted by Crippen LogP contribution is 2.46. The van der Waals surface area contributed by atoms with E-state index in [9.17, 15) is 0 Å². The second-order valence-electron chi connectivity index (χ2n) is 4.49. The van der Waals surface area contributed by atoms with Gasteiger partial charge in [-0.05, 0) is 19.2 Å². The molecule has 0 aromatic carbocycles. The molecule has 11 heavy (non-hydrogen) atoms. The predicted molar refractivity (Wildman–Crippen MR) is 50.3 cm³/mol. The Hall–Kier alpha value is -0.235. The summed E-state index contributed by atoms with van der Waals surface area (Å²) in [6, 6.07) is 0.250. The molecule has 0 N–H and O–H groups in total. The zero-order valence-corrected chi connectivity index (χ0v) is 7.98. The van der Waals surface area contributed by atoms with Gasteiger partial charge in [0.05, 0.1) is 5.60 Å². The topological polar surface area (TPSA) is 9.23 Å². The van der Waals surface area contributed by atoms with Gasteiger partial charge < -0.3 is 4.74 Å². The molecule has 1 heterocycles. The summed E-state index contributed by atoms with van der Waals surface area (Å²) in [5, 5.41) is 0.270. The molecule has 0 bridgehead atoms. The zero-order valence-electron chi connectivity index (χ0n) is 7.98. The molecule has 0 aromatic rings. The molecule has 1 rings (SSSR count). The first-order valence-corrected chi connectivity index (χ1v) is 4.19. The lowest BCUT2D eigenvalue weighted by Crippen LogP contribution is -2.31. The molecule has 1 aliphatic rings. The Bertz CT molecular complexity index is 156. The summed E-state index contributed by atoms with van der Waals surface area (Å²) in [7, 11) is 1.09. The molecule has 0 aromatic heterocycles. The van der Waals surface area contributed by atoms with Gasteiger partial charge in [0.2, 0.25) is 0 Å². The van der Waals surface area contributed by atoms with Crippen molar-refractivity contribution in [1.82, 2.24) is 0 Å². The van der Waals surface area contributed by atoms with E-state index in [1.807, 2.05) is 6.08 Å². The van der Waals surface area contributed by atoms with Crippen molar-refractivity contribution < 1.29 is 4.74 Å². The maximum absolute atomic E-state index is 5.80.